The highest BCUT2D eigenvalue weighted by Gasteiger charge is 2.27. The molecule has 0 aliphatic rings. The molecular weight excluding hydrogens is 303 g/mol. The third kappa shape index (κ3) is 3.73. The summed E-state index contributed by atoms with van der Waals surface area (Å²) in [5.74, 6) is -5.23. The molecule has 2 aromatic rings. The SMILES string of the molecule is CCC(C)C(C(=O)Nc1ccc(F)c(F)c1F)c1ccccc1. The van der Waals surface area contributed by atoms with Crippen molar-refractivity contribution in [1.29, 1.82) is 0 Å². The van der Waals surface area contributed by atoms with Gasteiger partial charge in [0.1, 0.15) is 0 Å². The molecule has 0 saturated heterocycles. The molecule has 0 fully saturated rings. The number of hydrogen-bond donors (Lipinski definition) is 1. The molecule has 0 bridgehead atoms. The molecule has 2 aromatic carbocycles. The van der Waals surface area contributed by atoms with E-state index < -0.39 is 29.3 Å². The van der Waals surface area contributed by atoms with Crippen LogP contribution in [0.15, 0.2) is 42.5 Å². The van der Waals surface area contributed by atoms with E-state index in [9.17, 15) is 18.0 Å². The Labute approximate surface area is 133 Å². The minimum atomic E-state index is -1.59. The van der Waals surface area contributed by atoms with Crippen LogP contribution in [0.3, 0.4) is 0 Å². The van der Waals surface area contributed by atoms with Crippen LogP contribution in [0.2, 0.25) is 0 Å². The number of carbonyl (C=O) groups excluding carboxylic acids is 1. The van der Waals surface area contributed by atoms with Gasteiger partial charge in [0.2, 0.25) is 5.91 Å². The van der Waals surface area contributed by atoms with Crippen molar-refractivity contribution in [3.8, 4) is 0 Å². The van der Waals surface area contributed by atoms with Crippen LogP contribution in [0.4, 0.5) is 18.9 Å². The fraction of sp³-hybridized carbons (Fsp3) is 0.278. The number of nitrogens with one attached hydrogen (secondary N) is 1. The Balaban J connectivity index is 2.31. The predicted octanol–water partition coefficient (Wildman–Crippen LogP) is 4.87. The highest BCUT2D eigenvalue weighted by atomic mass is 19.2. The second kappa shape index (κ2) is 7.31. The first-order valence-corrected chi connectivity index (χ1v) is 7.45. The van der Waals surface area contributed by atoms with E-state index in [4.69, 9.17) is 0 Å². The summed E-state index contributed by atoms with van der Waals surface area (Å²) in [7, 11) is 0. The zero-order valence-electron chi connectivity index (χ0n) is 12.9. The number of rotatable bonds is 5. The van der Waals surface area contributed by atoms with Gasteiger partial charge in [-0.15, -0.1) is 0 Å². The smallest absolute Gasteiger partial charge is 0.232 e. The Morgan fingerprint density at radius 2 is 1.70 bits per heavy atom. The van der Waals surface area contributed by atoms with Crippen LogP contribution in [0.5, 0.6) is 0 Å². The molecule has 0 aliphatic carbocycles. The molecule has 1 amide bonds. The van der Waals surface area contributed by atoms with Gasteiger partial charge in [0.05, 0.1) is 11.6 Å². The van der Waals surface area contributed by atoms with E-state index in [2.05, 4.69) is 5.32 Å². The summed E-state index contributed by atoms with van der Waals surface area (Å²) in [6.07, 6.45) is 0.743. The van der Waals surface area contributed by atoms with Gasteiger partial charge in [0.15, 0.2) is 17.5 Å². The number of hydrogen-bond acceptors (Lipinski definition) is 1. The molecular formula is C18H18F3NO. The first kappa shape index (κ1) is 17.1. The average molecular weight is 321 g/mol. The molecule has 2 rings (SSSR count). The lowest BCUT2D eigenvalue weighted by Crippen LogP contribution is -2.26. The van der Waals surface area contributed by atoms with Crippen LogP contribution < -0.4 is 5.32 Å². The molecule has 1 N–H and O–H groups in total. The molecule has 0 spiro atoms. The lowest BCUT2D eigenvalue weighted by Gasteiger charge is -2.23. The van der Waals surface area contributed by atoms with Crippen LogP contribution in [0.1, 0.15) is 31.7 Å². The van der Waals surface area contributed by atoms with Crippen molar-refractivity contribution in [2.75, 3.05) is 5.32 Å². The lowest BCUT2D eigenvalue weighted by atomic mass is 9.85. The third-order valence-electron chi connectivity index (χ3n) is 3.95. The molecule has 0 heterocycles. The van der Waals surface area contributed by atoms with Gasteiger partial charge in [0, 0.05) is 0 Å². The van der Waals surface area contributed by atoms with Crippen LogP contribution >= 0.6 is 0 Å². The van der Waals surface area contributed by atoms with Crippen molar-refractivity contribution in [3.05, 3.63) is 65.5 Å². The van der Waals surface area contributed by atoms with Gasteiger partial charge < -0.3 is 5.32 Å². The Hall–Kier alpha value is -2.30. The predicted molar refractivity (Wildman–Crippen MR) is 83.6 cm³/mol. The monoisotopic (exact) mass is 321 g/mol. The van der Waals surface area contributed by atoms with E-state index in [1.807, 2.05) is 44.2 Å². The van der Waals surface area contributed by atoms with Crippen molar-refractivity contribution >= 4 is 11.6 Å². The van der Waals surface area contributed by atoms with Crippen molar-refractivity contribution in [2.24, 2.45) is 5.92 Å². The van der Waals surface area contributed by atoms with E-state index in [1.165, 1.54) is 0 Å². The molecule has 5 heteroatoms. The topological polar surface area (TPSA) is 29.1 Å². The molecule has 0 radical (unpaired) electrons. The van der Waals surface area contributed by atoms with E-state index in [0.717, 1.165) is 24.1 Å². The minimum Gasteiger partial charge on any atom is -0.323 e. The first-order chi connectivity index (χ1) is 11.0. The fourth-order valence-electron chi connectivity index (χ4n) is 2.47. The molecule has 0 aliphatic heterocycles. The molecule has 122 valence electrons. The van der Waals surface area contributed by atoms with Crippen LogP contribution in [-0.2, 0) is 4.79 Å². The first-order valence-electron chi connectivity index (χ1n) is 7.45. The zero-order valence-corrected chi connectivity index (χ0v) is 12.9. The van der Waals surface area contributed by atoms with E-state index in [1.54, 1.807) is 0 Å². The van der Waals surface area contributed by atoms with Crippen molar-refractivity contribution < 1.29 is 18.0 Å². The van der Waals surface area contributed by atoms with Crippen molar-refractivity contribution in [2.45, 2.75) is 26.2 Å². The van der Waals surface area contributed by atoms with Crippen LogP contribution in [0, 0.1) is 23.4 Å². The second-order valence-electron chi connectivity index (χ2n) is 5.49. The fourth-order valence-corrected chi connectivity index (χ4v) is 2.47. The normalized spacial score (nSPS) is 13.4. The summed E-state index contributed by atoms with van der Waals surface area (Å²) >= 11 is 0. The van der Waals surface area contributed by atoms with Crippen LogP contribution in [-0.4, -0.2) is 5.91 Å². The summed E-state index contributed by atoms with van der Waals surface area (Å²) in [6, 6.07) is 10.9. The number of halogens is 3. The minimum absolute atomic E-state index is 0.00533. The zero-order chi connectivity index (χ0) is 17.0. The molecule has 0 aromatic heterocycles. The van der Waals surface area contributed by atoms with Gasteiger partial charge in [-0.1, -0.05) is 50.6 Å². The average Bonchev–Trinajstić information content (AvgIpc) is 2.56. The highest BCUT2D eigenvalue weighted by Crippen LogP contribution is 2.29. The highest BCUT2D eigenvalue weighted by molar-refractivity contribution is 5.96. The third-order valence-corrected chi connectivity index (χ3v) is 3.95. The van der Waals surface area contributed by atoms with Gasteiger partial charge in [-0.2, -0.15) is 0 Å². The molecule has 2 nitrogen and oxygen atoms in total. The molecule has 0 saturated carbocycles. The van der Waals surface area contributed by atoms with Gasteiger partial charge in [-0.25, -0.2) is 13.2 Å². The van der Waals surface area contributed by atoms with Crippen LogP contribution in [0.25, 0.3) is 0 Å². The maximum absolute atomic E-state index is 13.7. The van der Waals surface area contributed by atoms with Gasteiger partial charge in [-0.3, -0.25) is 4.79 Å². The number of anilines is 1. The summed E-state index contributed by atoms with van der Waals surface area (Å²) < 4.78 is 40.0. The van der Waals surface area contributed by atoms with E-state index in [0.29, 0.717) is 0 Å². The maximum Gasteiger partial charge on any atom is 0.232 e. The number of carbonyl (C=O) groups is 1. The van der Waals surface area contributed by atoms with Gasteiger partial charge in [0.25, 0.3) is 0 Å². The van der Waals surface area contributed by atoms with Gasteiger partial charge in [-0.05, 0) is 23.6 Å². The lowest BCUT2D eigenvalue weighted by molar-refractivity contribution is -0.118. The Bertz CT molecular complexity index is 688. The Kier molecular flexibility index (Phi) is 5.42. The quantitative estimate of drug-likeness (QED) is 0.782. The van der Waals surface area contributed by atoms with Crippen molar-refractivity contribution in [1.82, 2.24) is 0 Å². The molecule has 23 heavy (non-hydrogen) atoms. The molecule has 2 unspecified atom stereocenters. The largest absolute Gasteiger partial charge is 0.323 e. The number of amides is 1. The Morgan fingerprint density at radius 1 is 1.04 bits per heavy atom. The summed E-state index contributed by atoms with van der Waals surface area (Å²) in [6.45, 7) is 3.87. The summed E-state index contributed by atoms with van der Waals surface area (Å²) in [5, 5.41) is 2.37. The summed E-state index contributed by atoms with van der Waals surface area (Å²) in [5.41, 5.74) is 0.431. The van der Waals surface area contributed by atoms with E-state index >= 15 is 0 Å². The van der Waals surface area contributed by atoms with E-state index in [-0.39, 0.29) is 11.6 Å². The van der Waals surface area contributed by atoms with Gasteiger partial charge >= 0.3 is 0 Å². The maximum atomic E-state index is 13.7. The summed E-state index contributed by atoms with van der Waals surface area (Å²) in [4.78, 5) is 12.6. The Morgan fingerprint density at radius 3 is 2.30 bits per heavy atom. The number of benzene rings is 2. The standard InChI is InChI=1S/C18H18F3NO/c1-3-11(2)15(12-7-5-4-6-8-12)18(23)22-14-10-9-13(19)16(20)17(14)21/h4-11,15H,3H2,1-2H3,(H,22,23). The van der Waals surface area contributed by atoms with Crippen molar-refractivity contribution in [3.63, 3.8) is 0 Å². The molecule has 2 atom stereocenters. The second-order valence-corrected chi connectivity index (χ2v) is 5.49.